The van der Waals surface area contributed by atoms with Gasteiger partial charge in [0, 0.05) is 36.3 Å². The van der Waals surface area contributed by atoms with Crippen LogP contribution < -0.4 is 28.6 Å². The second kappa shape index (κ2) is 10.4. The minimum absolute atomic E-state index is 0.0865. The maximum atomic E-state index is 9.94. The molecule has 0 aliphatic heterocycles. The molecule has 0 bridgehead atoms. The number of aromatic nitrogens is 2. The average molecular weight is 441 g/mol. The van der Waals surface area contributed by atoms with Gasteiger partial charge in [-0.15, -0.1) is 0 Å². The fraction of sp³-hybridized carbons (Fsp3) is 0.304. The molecule has 0 unspecified atom stereocenters. The van der Waals surface area contributed by atoms with Crippen molar-refractivity contribution in [3.63, 3.8) is 0 Å². The van der Waals surface area contributed by atoms with E-state index in [2.05, 4.69) is 9.97 Å². The maximum Gasteiger partial charge on any atom is 0.261 e. The molecule has 32 heavy (non-hydrogen) atoms. The quantitative estimate of drug-likeness (QED) is 0.508. The number of aromatic hydroxyl groups is 1. The second-order valence-electron chi connectivity index (χ2n) is 6.78. The molecular weight excluding hydrogens is 414 g/mol. The summed E-state index contributed by atoms with van der Waals surface area (Å²) in [5.74, 6) is 3.04. The third-order valence-electron chi connectivity index (χ3n) is 4.91. The van der Waals surface area contributed by atoms with Gasteiger partial charge in [-0.25, -0.2) is 4.98 Å². The van der Waals surface area contributed by atoms with Crippen LogP contribution in [0.15, 0.2) is 42.6 Å². The lowest BCUT2D eigenvalue weighted by atomic mass is 10.1. The minimum atomic E-state index is -0.139. The molecule has 0 fully saturated rings. The van der Waals surface area contributed by atoms with Gasteiger partial charge >= 0.3 is 0 Å². The van der Waals surface area contributed by atoms with Gasteiger partial charge in [-0.3, -0.25) is 0 Å². The summed E-state index contributed by atoms with van der Waals surface area (Å²) in [6.07, 6.45) is 1.31. The van der Waals surface area contributed by atoms with Gasteiger partial charge in [-0.2, -0.15) is 4.98 Å². The molecule has 1 heterocycles. The number of benzene rings is 2. The van der Waals surface area contributed by atoms with Crippen molar-refractivity contribution in [2.45, 2.75) is 13.1 Å². The van der Waals surface area contributed by atoms with E-state index in [1.807, 2.05) is 41.3 Å². The summed E-state index contributed by atoms with van der Waals surface area (Å²) < 4.78 is 26.9. The molecular formula is C23H27N3O6. The highest BCUT2D eigenvalue weighted by Gasteiger charge is 2.19. The van der Waals surface area contributed by atoms with E-state index < -0.39 is 0 Å². The Balaban J connectivity index is 2.03. The van der Waals surface area contributed by atoms with Crippen molar-refractivity contribution in [2.75, 3.05) is 40.4 Å². The van der Waals surface area contributed by atoms with Crippen molar-refractivity contribution in [3.05, 3.63) is 53.7 Å². The van der Waals surface area contributed by atoms with E-state index in [1.165, 1.54) is 13.3 Å². The minimum Gasteiger partial charge on any atom is -0.502 e. The number of hydrogen-bond donors (Lipinski definition) is 1. The SMILES string of the molecule is COc1ccc(CN(Cc2ccc(OC)cc2OC)c2ncc(O)c(OC)n2)c(OC)c1. The van der Waals surface area contributed by atoms with Gasteiger partial charge in [0.1, 0.15) is 23.0 Å². The van der Waals surface area contributed by atoms with Crippen molar-refractivity contribution >= 4 is 5.95 Å². The number of rotatable bonds is 10. The third-order valence-corrected chi connectivity index (χ3v) is 4.91. The first-order valence-electron chi connectivity index (χ1n) is 9.79. The highest BCUT2D eigenvalue weighted by Crippen LogP contribution is 2.32. The Morgan fingerprint density at radius 3 is 1.72 bits per heavy atom. The number of anilines is 1. The Labute approximate surface area is 187 Å². The average Bonchev–Trinajstić information content (AvgIpc) is 2.84. The summed E-state index contributed by atoms with van der Waals surface area (Å²) in [6, 6.07) is 11.2. The molecule has 9 nitrogen and oxygen atoms in total. The predicted molar refractivity (Wildman–Crippen MR) is 119 cm³/mol. The Kier molecular flexibility index (Phi) is 7.43. The standard InChI is InChI=1S/C23H27N3O6/c1-28-17-8-6-15(20(10-17)30-3)13-26(23-24-12-19(27)22(25-23)32-5)14-16-7-9-18(29-2)11-21(16)31-4/h6-12,27H,13-14H2,1-5H3. The lowest BCUT2D eigenvalue weighted by molar-refractivity contribution is 0.356. The monoisotopic (exact) mass is 441 g/mol. The molecule has 2 aromatic carbocycles. The van der Waals surface area contributed by atoms with Gasteiger partial charge in [0.05, 0.1) is 41.7 Å². The van der Waals surface area contributed by atoms with Crippen LogP contribution in [-0.4, -0.2) is 50.6 Å². The van der Waals surface area contributed by atoms with E-state index in [-0.39, 0.29) is 11.6 Å². The Hall–Kier alpha value is -3.88. The van der Waals surface area contributed by atoms with Gasteiger partial charge in [0.25, 0.3) is 5.88 Å². The van der Waals surface area contributed by atoms with E-state index in [9.17, 15) is 5.11 Å². The molecule has 170 valence electrons. The number of nitrogens with zero attached hydrogens (tertiary/aromatic N) is 3. The van der Waals surface area contributed by atoms with Crippen LogP contribution in [0.5, 0.6) is 34.6 Å². The van der Waals surface area contributed by atoms with Gasteiger partial charge in [-0.05, 0) is 24.3 Å². The van der Waals surface area contributed by atoms with E-state index in [0.717, 1.165) is 11.1 Å². The van der Waals surface area contributed by atoms with Crippen LogP contribution >= 0.6 is 0 Å². The van der Waals surface area contributed by atoms with Crippen molar-refractivity contribution in [1.29, 1.82) is 0 Å². The smallest absolute Gasteiger partial charge is 0.261 e. The third kappa shape index (κ3) is 5.05. The molecule has 0 atom stereocenters. The molecule has 0 saturated heterocycles. The number of methoxy groups -OCH3 is 5. The van der Waals surface area contributed by atoms with Gasteiger partial charge < -0.3 is 33.7 Å². The van der Waals surface area contributed by atoms with Crippen LogP contribution in [0.2, 0.25) is 0 Å². The van der Waals surface area contributed by atoms with E-state index in [0.29, 0.717) is 42.0 Å². The summed E-state index contributed by atoms with van der Waals surface area (Å²) >= 11 is 0. The maximum absolute atomic E-state index is 9.94. The largest absolute Gasteiger partial charge is 0.502 e. The van der Waals surface area contributed by atoms with Crippen LogP contribution in [0.4, 0.5) is 5.95 Å². The highest BCUT2D eigenvalue weighted by molar-refractivity contribution is 5.48. The first-order valence-corrected chi connectivity index (χ1v) is 9.79. The van der Waals surface area contributed by atoms with Crippen molar-refractivity contribution in [2.24, 2.45) is 0 Å². The molecule has 9 heteroatoms. The second-order valence-corrected chi connectivity index (χ2v) is 6.78. The van der Waals surface area contributed by atoms with Crippen LogP contribution in [0, 0.1) is 0 Å². The number of hydrogen-bond acceptors (Lipinski definition) is 9. The molecule has 0 aliphatic carbocycles. The van der Waals surface area contributed by atoms with E-state index >= 15 is 0 Å². The molecule has 0 aliphatic rings. The molecule has 3 rings (SSSR count). The van der Waals surface area contributed by atoms with Gasteiger partial charge in [0.2, 0.25) is 5.95 Å². The van der Waals surface area contributed by atoms with Gasteiger partial charge in [0.15, 0.2) is 5.75 Å². The molecule has 1 aromatic heterocycles. The van der Waals surface area contributed by atoms with Crippen LogP contribution in [0.25, 0.3) is 0 Å². The first kappa shape index (κ1) is 22.8. The molecule has 3 aromatic rings. The Morgan fingerprint density at radius 2 is 1.28 bits per heavy atom. The summed E-state index contributed by atoms with van der Waals surface area (Å²) in [7, 11) is 7.86. The highest BCUT2D eigenvalue weighted by atomic mass is 16.5. The summed E-state index contributed by atoms with van der Waals surface area (Å²) in [4.78, 5) is 10.6. The predicted octanol–water partition coefficient (Wildman–Crippen LogP) is 3.43. The van der Waals surface area contributed by atoms with E-state index in [1.54, 1.807) is 28.4 Å². The van der Waals surface area contributed by atoms with E-state index in [4.69, 9.17) is 23.7 Å². The van der Waals surface area contributed by atoms with Gasteiger partial charge in [-0.1, -0.05) is 0 Å². The summed E-state index contributed by atoms with van der Waals surface area (Å²) in [6.45, 7) is 0.826. The lowest BCUT2D eigenvalue weighted by Gasteiger charge is -2.25. The molecule has 1 N–H and O–H groups in total. The molecule has 0 amide bonds. The van der Waals surface area contributed by atoms with Crippen molar-refractivity contribution in [3.8, 4) is 34.6 Å². The fourth-order valence-electron chi connectivity index (χ4n) is 3.23. The molecule has 0 saturated carbocycles. The van der Waals surface area contributed by atoms with Crippen LogP contribution in [-0.2, 0) is 13.1 Å². The molecule has 0 spiro atoms. The zero-order chi connectivity index (χ0) is 23.1. The Bertz CT molecular complexity index is 1000. The topological polar surface area (TPSA) is 95.4 Å². The van der Waals surface area contributed by atoms with Crippen LogP contribution in [0.3, 0.4) is 0 Å². The number of ether oxygens (including phenoxy) is 5. The van der Waals surface area contributed by atoms with Crippen molar-refractivity contribution < 1.29 is 28.8 Å². The molecule has 0 radical (unpaired) electrons. The zero-order valence-electron chi connectivity index (χ0n) is 18.8. The normalized spacial score (nSPS) is 10.4. The first-order chi connectivity index (χ1) is 15.5. The van der Waals surface area contributed by atoms with Crippen LogP contribution in [0.1, 0.15) is 11.1 Å². The Morgan fingerprint density at radius 1 is 0.750 bits per heavy atom. The van der Waals surface area contributed by atoms with Crippen molar-refractivity contribution in [1.82, 2.24) is 9.97 Å². The fourth-order valence-corrected chi connectivity index (χ4v) is 3.23. The lowest BCUT2D eigenvalue weighted by Crippen LogP contribution is -2.25. The zero-order valence-corrected chi connectivity index (χ0v) is 18.8. The summed E-state index contributed by atoms with van der Waals surface area (Å²) in [5.41, 5.74) is 1.80. The summed E-state index contributed by atoms with van der Waals surface area (Å²) in [5, 5.41) is 9.94.